The standard InChI is InChI=1S/C22H34BrN3O2/c1-2-22(10-4-3-5-11-22)25-14-16-12-15(13-19(23)20(16)24)21(28)26-17-6-8-18(27)9-7-17/h12-13,17-18,25,27H,2-11,14,24H2,1H3,(H,26,28). The molecule has 5 nitrogen and oxygen atoms in total. The van der Waals surface area contributed by atoms with Crippen LogP contribution < -0.4 is 16.4 Å². The minimum Gasteiger partial charge on any atom is -0.398 e. The smallest absolute Gasteiger partial charge is 0.251 e. The molecule has 1 amide bonds. The third-order valence-corrected chi connectivity index (χ3v) is 7.31. The summed E-state index contributed by atoms with van der Waals surface area (Å²) >= 11 is 3.53. The Morgan fingerprint density at radius 1 is 1.21 bits per heavy atom. The van der Waals surface area contributed by atoms with Crippen molar-refractivity contribution in [3.8, 4) is 0 Å². The van der Waals surface area contributed by atoms with E-state index in [1.165, 1.54) is 32.1 Å². The highest BCUT2D eigenvalue weighted by atomic mass is 79.9. The Morgan fingerprint density at radius 3 is 2.54 bits per heavy atom. The average Bonchev–Trinajstić information content (AvgIpc) is 2.71. The van der Waals surface area contributed by atoms with Gasteiger partial charge in [-0.25, -0.2) is 0 Å². The summed E-state index contributed by atoms with van der Waals surface area (Å²) in [7, 11) is 0. The summed E-state index contributed by atoms with van der Waals surface area (Å²) in [5.74, 6) is -0.0637. The molecule has 0 atom stereocenters. The van der Waals surface area contributed by atoms with Crippen LogP contribution in [0.2, 0.25) is 0 Å². The largest absolute Gasteiger partial charge is 0.398 e. The van der Waals surface area contributed by atoms with Crippen molar-refractivity contribution in [3.05, 3.63) is 27.7 Å². The fourth-order valence-electron chi connectivity index (χ4n) is 4.61. The lowest BCUT2D eigenvalue weighted by Gasteiger charge is -2.38. The second-order valence-electron chi connectivity index (χ2n) is 8.56. The van der Waals surface area contributed by atoms with E-state index in [4.69, 9.17) is 5.73 Å². The summed E-state index contributed by atoms with van der Waals surface area (Å²) in [5, 5.41) is 16.5. The van der Waals surface area contributed by atoms with E-state index in [2.05, 4.69) is 33.5 Å². The summed E-state index contributed by atoms with van der Waals surface area (Å²) in [6.07, 6.45) is 10.4. The van der Waals surface area contributed by atoms with Crippen molar-refractivity contribution >= 4 is 27.5 Å². The van der Waals surface area contributed by atoms with E-state index in [0.29, 0.717) is 17.8 Å². The van der Waals surface area contributed by atoms with Gasteiger partial charge in [0.1, 0.15) is 0 Å². The zero-order valence-corrected chi connectivity index (χ0v) is 18.5. The molecule has 0 aliphatic heterocycles. The molecular weight excluding hydrogens is 418 g/mol. The lowest BCUT2D eigenvalue weighted by Crippen LogP contribution is -2.45. The minimum atomic E-state index is -0.220. The minimum absolute atomic E-state index is 0.0637. The van der Waals surface area contributed by atoms with Crippen LogP contribution in [0.25, 0.3) is 0 Å². The topological polar surface area (TPSA) is 87.4 Å². The third-order valence-electron chi connectivity index (χ3n) is 6.65. The number of hydrogen-bond acceptors (Lipinski definition) is 4. The van der Waals surface area contributed by atoms with Gasteiger partial charge in [-0.1, -0.05) is 26.2 Å². The van der Waals surface area contributed by atoms with Gasteiger partial charge in [-0.05, 0) is 78.6 Å². The van der Waals surface area contributed by atoms with Gasteiger partial charge in [-0.2, -0.15) is 0 Å². The first-order valence-electron chi connectivity index (χ1n) is 10.7. The number of nitrogens with one attached hydrogen (secondary N) is 2. The molecule has 3 rings (SSSR count). The zero-order valence-electron chi connectivity index (χ0n) is 16.9. The Balaban J connectivity index is 1.68. The molecule has 5 N–H and O–H groups in total. The second-order valence-corrected chi connectivity index (χ2v) is 9.41. The molecule has 1 aromatic carbocycles. The van der Waals surface area contributed by atoms with Gasteiger partial charge in [0.05, 0.1) is 11.8 Å². The van der Waals surface area contributed by atoms with Crippen LogP contribution in [0.3, 0.4) is 0 Å². The first-order chi connectivity index (χ1) is 13.4. The number of nitrogens with two attached hydrogens (primary N) is 1. The summed E-state index contributed by atoms with van der Waals surface area (Å²) in [6.45, 7) is 2.93. The maximum Gasteiger partial charge on any atom is 0.251 e. The average molecular weight is 452 g/mol. The molecule has 6 heteroatoms. The van der Waals surface area contributed by atoms with E-state index in [1.54, 1.807) is 0 Å². The Bertz CT molecular complexity index is 681. The highest BCUT2D eigenvalue weighted by molar-refractivity contribution is 9.10. The monoisotopic (exact) mass is 451 g/mol. The number of nitrogen functional groups attached to an aromatic ring is 1. The second kappa shape index (κ2) is 9.59. The van der Waals surface area contributed by atoms with Gasteiger partial charge in [0.25, 0.3) is 5.91 Å². The Kier molecular flexibility index (Phi) is 7.40. The van der Waals surface area contributed by atoms with Crippen LogP contribution >= 0.6 is 15.9 Å². The molecule has 0 heterocycles. The van der Waals surface area contributed by atoms with Crippen molar-refractivity contribution in [1.29, 1.82) is 0 Å². The molecule has 1 aromatic rings. The molecular formula is C22H34BrN3O2. The van der Waals surface area contributed by atoms with E-state index in [0.717, 1.165) is 42.1 Å². The fraction of sp³-hybridized carbons (Fsp3) is 0.682. The first kappa shape index (κ1) is 21.6. The van der Waals surface area contributed by atoms with E-state index in [1.807, 2.05) is 12.1 Å². The van der Waals surface area contributed by atoms with Crippen molar-refractivity contribution in [3.63, 3.8) is 0 Å². The number of benzene rings is 1. The van der Waals surface area contributed by atoms with Crippen LogP contribution in [0.1, 0.15) is 87.1 Å². The number of hydrogen-bond donors (Lipinski definition) is 4. The lowest BCUT2D eigenvalue weighted by molar-refractivity contribution is 0.0867. The molecule has 2 saturated carbocycles. The molecule has 2 fully saturated rings. The number of amides is 1. The van der Waals surface area contributed by atoms with E-state index in [9.17, 15) is 9.90 Å². The predicted molar refractivity (Wildman–Crippen MR) is 117 cm³/mol. The zero-order chi connectivity index (χ0) is 20.1. The van der Waals surface area contributed by atoms with E-state index in [-0.39, 0.29) is 23.6 Å². The summed E-state index contributed by atoms with van der Waals surface area (Å²) in [6, 6.07) is 3.87. The van der Waals surface area contributed by atoms with Gasteiger partial charge in [0, 0.05) is 28.2 Å². The number of carbonyl (C=O) groups excluding carboxylic acids is 1. The summed E-state index contributed by atoms with van der Waals surface area (Å²) < 4.78 is 0.769. The highest BCUT2D eigenvalue weighted by Gasteiger charge is 2.29. The number of rotatable bonds is 6. The van der Waals surface area contributed by atoms with Crippen LogP contribution in [0.4, 0.5) is 5.69 Å². The van der Waals surface area contributed by atoms with Gasteiger partial charge >= 0.3 is 0 Å². The van der Waals surface area contributed by atoms with Crippen LogP contribution in [0, 0.1) is 0 Å². The molecule has 2 aliphatic carbocycles. The van der Waals surface area contributed by atoms with Crippen LogP contribution in [0.15, 0.2) is 16.6 Å². The molecule has 156 valence electrons. The van der Waals surface area contributed by atoms with Gasteiger partial charge in [-0.15, -0.1) is 0 Å². The molecule has 0 bridgehead atoms. The fourth-order valence-corrected chi connectivity index (χ4v) is 5.11. The molecule has 0 saturated heterocycles. The van der Waals surface area contributed by atoms with E-state index >= 15 is 0 Å². The molecule has 0 aromatic heterocycles. The Labute approximate surface area is 177 Å². The lowest BCUT2D eigenvalue weighted by atomic mass is 9.79. The number of anilines is 1. The number of aliphatic hydroxyl groups excluding tert-OH is 1. The highest BCUT2D eigenvalue weighted by Crippen LogP contribution is 2.32. The normalized spacial score (nSPS) is 24.7. The quantitative estimate of drug-likeness (QED) is 0.486. The van der Waals surface area contributed by atoms with Crippen molar-refractivity contribution in [2.75, 3.05) is 5.73 Å². The summed E-state index contributed by atoms with van der Waals surface area (Å²) in [5.41, 5.74) is 8.81. The number of aliphatic hydroxyl groups is 1. The van der Waals surface area contributed by atoms with Gasteiger partial charge in [0.2, 0.25) is 0 Å². The molecule has 2 aliphatic rings. The maximum atomic E-state index is 12.8. The number of carbonyl (C=O) groups is 1. The number of halogens is 1. The van der Waals surface area contributed by atoms with Crippen LogP contribution in [-0.2, 0) is 6.54 Å². The van der Waals surface area contributed by atoms with Crippen molar-refractivity contribution in [1.82, 2.24) is 10.6 Å². The van der Waals surface area contributed by atoms with Gasteiger partial charge in [0.15, 0.2) is 0 Å². The Hall–Kier alpha value is -1.11. The SMILES string of the molecule is CCC1(NCc2cc(C(=O)NC3CCC(O)CC3)cc(Br)c2N)CCCCC1. The van der Waals surface area contributed by atoms with Gasteiger partial charge in [-0.3, -0.25) is 4.79 Å². The molecule has 0 spiro atoms. The van der Waals surface area contributed by atoms with Crippen LogP contribution in [-0.4, -0.2) is 28.7 Å². The van der Waals surface area contributed by atoms with Crippen molar-refractivity contribution in [2.24, 2.45) is 0 Å². The predicted octanol–water partition coefficient (Wildman–Crippen LogP) is 4.27. The first-order valence-corrected chi connectivity index (χ1v) is 11.5. The molecule has 28 heavy (non-hydrogen) atoms. The van der Waals surface area contributed by atoms with Crippen molar-refractivity contribution < 1.29 is 9.90 Å². The van der Waals surface area contributed by atoms with Crippen LogP contribution in [0.5, 0.6) is 0 Å². The van der Waals surface area contributed by atoms with Crippen molar-refractivity contribution in [2.45, 2.75) is 95.4 Å². The van der Waals surface area contributed by atoms with Gasteiger partial charge < -0.3 is 21.5 Å². The Morgan fingerprint density at radius 2 is 1.89 bits per heavy atom. The molecule has 0 radical (unpaired) electrons. The summed E-state index contributed by atoms with van der Waals surface area (Å²) in [4.78, 5) is 12.8. The molecule has 0 unspecified atom stereocenters. The van der Waals surface area contributed by atoms with E-state index < -0.39 is 0 Å². The maximum absolute atomic E-state index is 12.8. The third kappa shape index (κ3) is 5.28.